The Kier molecular flexibility index (Phi) is 4.66. The Morgan fingerprint density at radius 3 is 2.80 bits per heavy atom. The highest BCUT2D eigenvalue weighted by Crippen LogP contribution is 2.35. The van der Waals surface area contributed by atoms with Gasteiger partial charge in [0, 0.05) is 11.9 Å². The number of anilines is 2. The highest BCUT2D eigenvalue weighted by molar-refractivity contribution is 7.91. The van der Waals surface area contributed by atoms with Crippen LogP contribution >= 0.6 is 22.9 Å². The number of rotatable bonds is 6. The molecule has 0 spiro atoms. The van der Waals surface area contributed by atoms with E-state index in [4.69, 9.17) is 5.73 Å². The molecule has 0 unspecified atom stereocenters. The van der Waals surface area contributed by atoms with E-state index in [0.717, 1.165) is 11.5 Å². The Hall–Kier alpha value is -1.12. The van der Waals surface area contributed by atoms with E-state index in [1.54, 1.807) is 11.3 Å². The largest absolute Gasteiger partial charge is 0.382 e. The maximum atomic E-state index is 12.3. The maximum absolute atomic E-state index is 12.3. The van der Waals surface area contributed by atoms with E-state index in [-0.39, 0.29) is 16.5 Å². The van der Waals surface area contributed by atoms with E-state index in [9.17, 15) is 8.42 Å². The molecule has 0 radical (unpaired) electrons. The second kappa shape index (κ2) is 6.11. The smallest absolute Gasteiger partial charge is 0.185 e. The van der Waals surface area contributed by atoms with Crippen molar-refractivity contribution in [3.05, 3.63) is 22.4 Å². The Labute approximate surface area is 127 Å². The highest BCUT2D eigenvalue weighted by atomic mass is 32.2. The number of sulfone groups is 1. The second-order valence-corrected chi connectivity index (χ2v) is 8.29. The van der Waals surface area contributed by atoms with Crippen LogP contribution < -0.4 is 10.6 Å². The molecular formula is C12H17N3O2S3. The number of aromatic nitrogens is 1. The third-order valence-corrected chi connectivity index (χ3v) is 6.70. The molecule has 8 heteroatoms. The maximum Gasteiger partial charge on any atom is 0.185 e. The fraction of sp³-hybridized carbons (Fsp3) is 0.417. The van der Waals surface area contributed by atoms with Crippen molar-refractivity contribution < 1.29 is 8.42 Å². The summed E-state index contributed by atoms with van der Waals surface area (Å²) in [6, 6.07) is 4.00. The predicted octanol–water partition coefficient (Wildman–Crippen LogP) is 2.61. The molecule has 5 nitrogen and oxygen atoms in total. The summed E-state index contributed by atoms with van der Waals surface area (Å²) in [5.74, 6) is 0.201. The molecule has 0 bridgehead atoms. The van der Waals surface area contributed by atoms with Gasteiger partial charge in [-0.15, -0.1) is 11.3 Å². The first-order valence-corrected chi connectivity index (χ1v) is 9.47. The van der Waals surface area contributed by atoms with Crippen molar-refractivity contribution in [2.45, 2.75) is 24.8 Å². The van der Waals surface area contributed by atoms with Crippen LogP contribution in [0.25, 0.3) is 0 Å². The molecular weight excluding hydrogens is 314 g/mol. The van der Waals surface area contributed by atoms with E-state index in [0.29, 0.717) is 18.0 Å². The summed E-state index contributed by atoms with van der Waals surface area (Å²) in [5.41, 5.74) is 5.77. The molecule has 2 aromatic heterocycles. The van der Waals surface area contributed by atoms with E-state index in [1.165, 1.54) is 4.88 Å². The van der Waals surface area contributed by atoms with Crippen molar-refractivity contribution in [3.63, 3.8) is 0 Å². The molecule has 2 aromatic rings. The van der Waals surface area contributed by atoms with Crippen molar-refractivity contribution in [1.29, 1.82) is 0 Å². The molecule has 0 saturated carbocycles. The minimum absolute atomic E-state index is 0.0927. The van der Waals surface area contributed by atoms with Crippen LogP contribution in [0, 0.1) is 0 Å². The molecule has 0 aliphatic carbocycles. The predicted molar refractivity (Wildman–Crippen MR) is 85.3 cm³/mol. The monoisotopic (exact) mass is 331 g/mol. The van der Waals surface area contributed by atoms with Gasteiger partial charge in [0.15, 0.2) is 15.7 Å². The van der Waals surface area contributed by atoms with Crippen LogP contribution in [0.4, 0.5) is 10.8 Å². The van der Waals surface area contributed by atoms with Gasteiger partial charge in [-0.3, -0.25) is 0 Å². The van der Waals surface area contributed by atoms with Gasteiger partial charge in [0.05, 0.1) is 12.3 Å². The fourth-order valence-electron chi connectivity index (χ4n) is 1.90. The van der Waals surface area contributed by atoms with E-state index in [1.807, 2.05) is 36.4 Å². The summed E-state index contributed by atoms with van der Waals surface area (Å²) in [5, 5.41) is 2.61. The fourth-order valence-corrected chi connectivity index (χ4v) is 5.40. The number of nitrogens with zero attached hydrogens (tertiary/aromatic N) is 2. The van der Waals surface area contributed by atoms with E-state index >= 15 is 0 Å². The van der Waals surface area contributed by atoms with Gasteiger partial charge in [0.25, 0.3) is 0 Å². The third kappa shape index (κ3) is 3.13. The van der Waals surface area contributed by atoms with Crippen LogP contribution in [0.2, 0.25) is 0 Å². The zero-order valence-corrected chi connectivity index (χ0v) is 13.8. The van der Waals surface area contributed by atoms with Crippen LogP contribution in [-0.4, -0.2) is 25.6 Å². The topological polar surface area (TPSA) is 76.3 Å². The summed E-state index contributed by atoms with van der Waals surface area (Å²) in [4.78, 5) is 3.24. The molecule has 110 valence electrons. The minimum atomic E-state index is -3.37. The van der Waals surface area contributed by atoms with Gasteiger partial charge in [-0.2, -0.15) is 4.37 Å². The molecule has 0 fully saturated rings. The Balaban J connectivity index is 2.33. The molecule has 0 aliphatic heterocycles. The lowest BCUT2D eigenvalue weighted by Gasteiger charge is -2.17. The third-order valence-electron chi connectivity index (χ3n) is 2.76. The first kappa shape index (κ1) is 15.3. The van der Waals surface area contributed by atoms with Crippen LogP contribution in [0.3, 0.4) is 0 Å². The van der Waals surface area contributed by atoms with Gasteiger partial charge in [0.1, 0.15) is 9.90 Å². The summed E-state index contributed by atoms with van der Waals surface area (Å²) >= 11 is 2.77. The van der Waals surface area contributed by atoms with Crippen molar-refractivity contribution in [3.8, 4) is 0 Å². The molecule has 0 aliphatic rings. The van der Waals surface area contributed by atoms with Gasteiger partial charge in [-0.25, -0.2) is 8.42 Å². The van der Waals surface area contributed by atoms with Crippen LogP contribution in [0.15, 0.2) is 22.4 Å². The molecule has 0 atom stereocenters. The number of nitrogen functional groups attached to an aromatic ring is 1. The highest BCUT2D eigenvalue weighted by Gasteiger charge is 2.26. The zero-order chi connectivity index (χ0) is 14.8. The van der Waals surface area contributed by atoms with Crippen molar-refractivity contribution in [1.82, 2.24) is 4.37 Å². The summed E-state index contributed by atoms with van der Waals surface area (Å²) in [6.07, 6.45) is 0.561. The van der Waals surface area contributed by atoms with Crippen LogP contribution in [0.1, 0.15) is 18.2 Å². The summed E-state index contributed by atoms with van der Waals surface area (Å²) in [6.45, 7) is 2.48. The van der Waals surface area contributed by atoms with Gasteiger partial charge >= 0.3 is 0 Å². The standard InChI is InChI=1S/C12H17N3O2S3/c1-3-7-20(16,17)10-11(13)14-19-12(10)15(2)8-9-5-4-6-18-9/h4-6H,3,7-8H2,1-2H3,(H2,13,14). The molecule has 2 rings (SSSR count). The average molecular weight is 331 g/mol. The molecule has 2 N–H and O–H groups in total. The van der Waals surface area contributed by atoms with Gasteiger partial charge in [0.2, 0.25) is 0 Å². The SMILES string of the molecule is CCCS(=O)(=O)c1c(N)nsc1N(C)Cc1cccs1. The first-order valence-electron chi connectivity index (χ1n) is 6.17. The summed E-state index contributed by atoms with van der Waals surface area (Å²) < 4.78 is 28.6. The lowest BCUT2D eigenvalue weighted by molar-refractivity contribution is 0.595. The average Bonchev–Trinajstić information content (AvgIpc) is 2.98. The number of thiophene rings is 1. The normalized spacial score (nSPS) is 11.7. The Morgan fingerprint density at radius 1 is 1.45 bits per heavy atom. The van der Waals surface area contributed by atoms with E-state index in [2.05, 4.69) is 4.37 Å². The molecule has 20 heavy (non-hydrogen) atoms. The number of hydrogen-bond acceptors (Lipinski definition) is 7. The van der Waals surface area contributed by atoms with Crippen LogP contribution in [-0.2, 0) is 16.4 Å². The number of hydrogen-bond donors (Lipinski definition) is 1. The molecule has 0 amide bonds. The Morgan fingerprint density at radius 2 is 2.20 bits per heavy atom. The lowest BCUT2D eigenvalue weighted by atomic mass is 10.4. The second-order valence-electron chi connectivity index (χ2n) is 4.46. The van der Waals surface area contributed by atoms with Gasteiger partial charge in [-0.05, 0) is 29.4 Å². The lowest BCUT2D eigenvalue weighted by Crippen LogP contribution is -2.18. The minimum Gasteiger partial charge on any atom is -0.382 e. The molecule has 0 saturated heterocycles. The summed E-state index contributed by atoms with van der Waals surface area (Å²) in [7, 11) is -1.51. The number of nitrogens with two attached hydrogens (primary N) is 1. The van der Waals surface area contributed by atoms with Gasteiger partial charge in [-0.1, -0.05) is 13.0 Å². The Bertz CT molecular complexity index is 662. The van der Waals surface area contributed by atoms with Crippen molar-refractivity contribution in [2.75, 3.05) is 23.4 Å². The van der Waals surface area contributed by atoms with Crippen molar-refractivity contribution >= 4 is 43.5 Å². The van der Waals surface area contributed by atoms with Crippen LogP contribution in [0.5, 0.6) is 0 Å². The van der Waals surface area contributed by atoms with Gasteiger partial charge < -0.3 is 10.6 Å². The molecule has 2 heterocycles. The zero-order valence-electron chi connectivity index (χ0n) is 11.4. The van der Waals surface area contributed by atoms with E-state index < -0.39 is 9.84 Å². The quantitative estimate of drug-likeness (QED) is 0.880. The molecule has 0 aromatic carbocycles. The van der Waals surface area contributed by atoms with Crippen molar-refractivity contribution in [2.24, 2.45) is 0 Å². The first-order chi connectivity index (χ1) is 9.45.